The summed E-state index contributed by atoms with van der Waals surface area (Å²) in [5, 5.41) is 38.6. The highest BCUT2D eigenvalue weighted by Gasteiger charge is 2.47. The van der Waals surface area contributed by atoms with E-state index in [1.54, 1.807) is 12.1 Å². The number of benzene rings is 4. The third-order valence-corrected chi connectivity index (χ3v) is 8.98. The molecule has 234 valence electrons. The van der Waals surface area contributed by atoms with Crippen LogP contribution in [-0.2, 0) is 18.3 Å². The van der Waals surface area contributed by atoms with Gasteiger partial charge in [0.25, 0.3) is 0 Å². The molecule has 0 atom stereocenters. The van der Waals surface area contributed by atoms with Crippen molar-refractivity contribution in [3.8, 4) is 22.6 Å². The van der Waals surface area contributed by atoms with Crippen LogP contribution in [-0.4, -0.2) is 34.7 Å². The van der Waals surface area contributed by atoms with E-state index < -0.39 is 20.1 Å². The molecule has 4 aromatic rings. The van der Waals surface area contributed by atoms with E-state index >= 15 is 0 Å². The first-order valence-corrected chi connectivity index (χ1v) is 16.4. The Balaban J connectivity index is 1.68. The summed E-state index contributed by atoms with van der Waals surface area (Å²) in [6, 6.07) is 28.7. The number of unbranched alkanes of at least 4 members (excludes halogenated alkanes) is 6. The van der Waals surface area contributed by atoms with Gasteiger partial charge in [-0.2, -0.15) is 0 Å². The van der Waals surface area contributed by atoms with Gasteiger partial charge in [0, 0.05) is 0 Å². The molecule has 0 heterocycles. The second-order valence-electron chi connectivity index (χ2n) is 12.1. The molecule has 0 aromatic heterocycles. The van der Waals surface area contributed by atoms with E-state index in [2.05, 4.69) is 62.4 Å². The van der Waals surface area contributed by atoms with Gasteiger partial charge in [0.1, 0.15) is 11.5 Å². The highest BCUT2D eigenvalue weighted by Crippen LogP contribution is 2.57. The molecule has 0 aliphatic heterocycles. The van der Waals surface area contributed by atoms with E-state index in [-0.39, 0.29) is 0 Å². The fourth-order valence-corrected chi connectivity index (χ4v) is 6.82. The quantitative estimate of drug-likeness (QED) is 0.0714. The Bertz CT molecular complexity index is 1420. The highest BCUT2D eigenvalue weighted by molar-refractivity contribution is 6.34. The minimum Gasteiger partial charge on any atom is -0.512 e. The lowest BCUT2D eigenvalue weighted by Gasteiger charge is -2.34. The lowest BCUT2D eigenvalue weighted by Crippen LogP contribution is -2.29. The molecular weight excluding hydrogens is 562 g/mol. The van der Waals surface area contributed by atoms with Gasteiger partial charge < -0.3 is 29.4 Å². The van der Waals surface area contributed by atoms with Crippen LogP contribution in [0.3, 0.4) is 0 Å². The Hall–Kier alpha value is -3.55. The summed E-state index contributed by atoms with van der Waals surface area (Å²) in [4.78, 5) is 0. The molecule has 0 spiro atoms. The van der Waals surface area contributed by atoms with Crippen molar-refractivity contribution in [1.82, 2.24) is 0 Å². The van der Waals surface area contributed by atoms with Crippen LogP contribution in [0.1, 0.15) is 98.6 Å². The molecular formula is C37H44B2O6. The molecule has 4 aromatic carbocycles. The second kappa shape index (κ2) is 15.2. The molecule has 1 aliphatic rings. The number of rotatable bonds is 16. The van der Waals surface area contributed by atoms with Gasteiger partial charge >= 0.3 is 14.6 Å². The highest BCUT2D eigenvalue weighted by atomic mass is 16.6. The molecule has 4 N–H and O–H groups in total. The maximum atomic E-state index is 9.65. The van der Waals surface area contributed by atoms with Crippen molar-refractivity contribution in [2.24, 2.45) is 0 Å². The van der Waals surface area contributed by atoms with Gasteiger partial charge in [-0.3, -0.25) is 0 Å². The molecule has 0 amide bonds. The molecule has 8 heteroatoms. The molecule has 45 heavy (non-hydrogen) atoms. The largest absolute Gasteiger partial charge is 0.707 e. The van der Waals surface area contributed by atoms with Crippen molar-refractivity contribution < 1.29 is 29.4 Å². The van der Waals surface area contributed by atoms with Crippen molar-refractivity contribution in [2.75, 3.05) is 0 Å². The van der Waals surface area contributed by atoms with Crippen molar-refractivity contribution >= 4 is 14.6 Å². The van der Waals surface area contributed by atoms with Crippen molar-refractivity contribution in [3.63, 3.8) is 0 Å². The van der Waals surface area contributed by atoms with Gasteiger partial charge in [-0.1, -0.05) is 113 Å². The van der Waals surface area contributed by atoms with Gasteiger partial charge in [-0.15, -0.1) is 0 Å². The first-order chi connectivity index (χ1) is 21.9. The number of hydrogen-bond donors (Lipinski definition) is 4. The molecule has 1 aliphatic carbocycles. The number of fused-ring (bicyclic) bond motifs is 3. The zero-order valence-electron chi connectivity index (χ0n) is 26.4. The van der Waals surface area contributed by atoms with Gasteiger partial charge in [0.2, 0.25) is 0 Å². The van der Waals surface area contributed by atoms with E-state index in [0.29, 0.717) is 11.5 Å². The Morgan fingerprint density at radius 1 is 0.511 bits per heavy atom. The summed E-state index contributed by atoms with van der Waals surface area (Å²) >= 11 is 0. The van der Waals surface area contributed by atoms with Crippen molar-refractivity contribution in [2.45, 2.75) is 83.5 Å². The van der Waals surface area contributed by atoms with Crippen LogP contribution in [0.2, 0.25) is 0 Å². The fourth-order valence-electron chi connectivity index (χ4n) is 6.82. The second-order valence-corrected chi connectivity index (χ2v) is 12.1. The number of hydrogen-bond acceptors (Lipinski definition) is 6. The fraction of sp³-hybridized carbons (Fsp3) is 0.351. The maximum absolute atomic E-state index is 9.65. The van der Waals surface area contributed by atoms with Crippen LogP contribution in [0.15, 0.2) is 84.9 Å². The summed E-state index contributed by atoms with van der Waals surface area (Å²) in [7, 11) is -3.91. The maximum Gasteiger partial charge on any atom is 0.707 e. The Morgan fingerprint density at radius 3 is 1.27 bits per heavy atom. The monoisotopic (exact) mass is 606 g/mol. The summed E-state index contributed by atoms with van der Waals surface area (Å²) in [6.45, 7) is 4.44. The molecule has 6 nitrogen and oxygen atoms in total. The van der Waals surface area contributed by atoms with E-state index in [0.717, 1.165) is 59.1 Å². The molecule has 5 rings (SSSR count). The zero-order chi connectivity index (χ0) is 31.8. The van der Waals surface area contributed by atoms with Crippen LogP contribution in [0.25, 0.3) is 11.1 Å². The molecule has 0 fully saturated rings. The molecule has 0 saturated carbocycles. The van der Waals surface area contributed by atoms with Crippen LogP contribution in [0.4, 0.5) is 0 Å². The lowest BCUT2D eigenvalue weighted by atomic mass is 9.67. The average Bonchev–Trinajstić information content (AvgIpc) is 3.31. The lowest BCUT2D eigenvalue weighted by molar-refractivity contribution is 0.286. The topological polar surface area (TPSA) is 99.4 Å². The van der Waals surface area contributed by atoms with Crippen molar-refractivity contribution in [3.05, 3.63) is 118 Å². The molecule has 0 unspecified atom stereocenters. The Kier molecular flexibility index (Phi) is 11.1. The van der Waals surface area contributed by atoms with Gasteiger partial charge in [-0.05, 0) is 94.5 Å². The van der Waals surface area contributed by atoms with Gasteiger partial charge in [0.05, 0.1) is 5.41 Å². The SMILES string of the molecule is CCCCCCc1ccc(C2(c3ccc(CCCCCC)cc3)c3cc(OB(O)O)ccc3-c3ccc(OB(O)O)cc32)cc1. The molecule has 0 bridgehead atoms. The normalized spacial score (nSPS) is 12.8. The van der Waals surface area contributed by atoms with Crippen LogP contribution < -0.4 is 9.31 Å². The average molecular weight is 606 g/mol. The van der Waals surface area contributed by atoms with Crippen LogP contribution in [0.5, 0.6) is 11.5 Å². The Labute approximate surface area is 268 Å². The van der Waals surface area contributed by atoms with E-state index in [1.807, 2.05) is 24.3 Å². The summed E-state index contributed by atoms with van der Waals surface area (Å²) in [5.41, 5.74) is 7.66. The molecule has 0 saturated heterocycles. The van der Waals surface area contributed by atoms with E-state index in [1.165, 1.54) is 49.7 Å². The minimum atomic E-state index is -1.95. The third-order valence-electron chi connectivity index (χ3n) is 8.98. The summed E-state index contributed by atoms with van der Waals surface area (Å²) < 4.78 is 10.7. The molecule has 0 radical (unpaired) electrons. The first-order valence-electron chi connectivity index (χ1n) is 16.4. The predicted molar refractivity (Wildman–Crippen MR) is 181 cm³/mol. The van der Waals surface area contributed by atoms with E-state index in [4.69, 9.17) is 9.31 Å². The van der Waals surface area contributed by atoms with Gasteiger partial charge in [-0.25, -0.2) is 0 Å². The van der Waals surface area contributed by atoms with Gasteiger partial charge in [0.15, 0.2) is 0 Å². The first kappa shape index (κ1) is 32.8. The minimum absolute atomic E-state index is 0.336. The smallest absolute Gasteiger partial charge is 0.512 e. The summed E-state index contributed by atoms with van der Waals surface area (Å²) in [5.74, 6) is 0.673. The number of aryl methyl sites for hydroxylation is 2. The van der Waals surface area contributed by atoms with E-state index in [9.17, 15) is 20.1 Å². The van der Waals surface area contributed by atoms with Crippen molar-refractivity contribution in [1.29, 1.82) is 0 Å². The third kappa shape index (κ3) is 7.31. The van der Waals surface area contributed by atoms with Crippen LogP contribution >= 0.6 is 0 Å². The predicted octanol–water partition coefficient (Wildman–Crippen LogP) is 6.99. The van der Waals surface area contributed by atoms with Crippen LogP contribution in [0, 0.1) is 0 Å². The summed E-state index contributed by atoms with van der Waals surface area (Å²) in [6.07, 6.45) is 11.7. The standard InChI is InChI=1S/C37H44B2O6/c1-3-5-7-9-11-27-13-17-29(18-14-27)37(30-19-15-28(16-20-30)12-10-8-6-4-2)35-25-31(44-38(40)41)21-23-33(35)34-24-22-32(26-36(34)37)45-39(42)43/h13-26,40-43H,3-12H2,1-2H3. The zero-order valence-corrected chi connectivity index (χ0v) is 26.4. The Morgan fingerprint density at radius 2 is 0.911 bits per heavy atom.